The SMILES string of the molecule is CCCCc1ccc(NS(=O)(=O)c2cc(C(=O)OCC(=O)c3cccc4ccccc34)ccc2C)cc1. The van der Waals surface area contributed by atoms with Gasteiger partial charge in [0, 0.05) is 11.3 Å². The molecule has 190 valence electrons. The van der Waals surface area contributed by atoms with Crippen LogP contribution in [0.15, 0.2) is 89.8 Å². The summed E-state index contributed by atoms with van der Waals surface area (Å²) in [7, 11) is -3.95. The van der Waals surface area contributed by atoms with Crippen molar-refractivity contribution in [3.8, 4) is 0 Å². The van der Waals surface area contributed by atoms with Gasteiger partial charge in [-0.25, -0.2) is 13.2 Å². The van der Waals surface area contributed by atoms with Crippen LogP contribution in [0, 0.1) is 6.92 Å². The molecule has 37 heavy (non-hydrogen) atoms. The molecule has 1 N–H and O–H groups in total. The van der Waals surface area contributed by atoms with Crippen molar-refractivity contribution in [2.45, 2.75) is 38.0 Å². The third kappa shape index (κ3) is 6.24. The van der Waals surface area contributed by atoms with Crippen LogP contribution in [0.4, 0.5) is 5.69 Å². The second-order valence-electron chi connectivity index (χ2n) is 8.91. The number of esters is 1. The van der Waals surface area contributed by atoms with Crippen LogP contribution >= 0.6 is 0 Å². The van der Waals surface area contributed by atoms with Gasteiger partial charge in [-0.05, 0) is 65.9 Å². The summed E-state index contributed by atoms with van der Waals surface area (Å²) in [5.74, 6) is -1.11. The lowest BCUT2D eigenvalue weighted by Crippen LogP contribution is -2.17. The molecule has 0 saturated carbocycles. The number of carbonyl (C=O) groups is 2. The number of ketones is 1. The van der Waals surface area contributed by atoms with Crippen molar-refractivity contribution in [3.05, 3.63) is 107 Å². The van der Waals surface area contributed by atoms with Gasteiger partial charge in [0.25, 0.3) is 10.0 Å². The zero-order chi connectivity index (χ0) is 26.4. The Bertz CT molecular complexity index is 1540. The lowest BCUT2D eigenvalue weighted by Gasteiger charge is -2.12. The number of fused-ring (bicyclic) bond motifs is 1. The third-order valence-corrected chi connectivity index (χ3v) is 7.69. The van der Waals surface area contributed by atoms with Gasteiger partial charge in [-0.1, -0.05) is 74.0 Å². The molecular weight excluding hydrogens is 486 g/mol. The van der Waals surface area contributed by atoms with Crippen LogP contribution in [0.3, 0.4) is 0 Å². The molecule has 0 saturated heterocycles. The predicted octanol–water partition coefficient (Wildman–Crippen LogP) is 6.33. The number of carbonyl (C=O) groups excluding carboxylic acids is 2. The Morgan fingerprint density at radius 3 is 2.38 bits per heavy atom. The van der Waals surface area contributed by atoms with Crippen molar-refractivity contribution in [2.24, 2.45) is 0 Å². The minimum Gasteiger partial charge on any atom is -0.454 e. The first kappa shape index (κ1) is 26.1. The van der Waals surface area contributed by atoms with E-state index in [-0.39, 0.29) is 16.2 Å². The summed E-state index contributed by atoms with van der Waals surface area (Å²) in [5.41, 5.74) is 2.57. The Kier molecular flexibility index (Phi) is 8.04. The molecule has 0 radical (unpaired) electrons. The molecule has 0 heterocycles. The Hall–Kier alpha value is -3.97. The second kappa shape index (κ2) is 11.4. The lowest BCUT2D eigenvalue weighted by atomic mass is 10.0. The molecule has 0 atom stereocenters. The van der Waals surface area contributed by atoms with E-state index < -0.39 is 22.6 Å². The van der Waals surface area contributed by atoms with Crippen molar-refractivity contribution in [1.82, 2.24) is 0 Å². The highest BCUT2D eigenvalue weighted by Gasteiger charge is 2.21. The van der Waals surface area contributed by atoms with Gasteiger partial charge in [-0.15, -0.1) is 0 Å². The van der Waals surface area contributed by atoms with Crippen molar-refractivity contribution >= 4 is 38.2 Å². The fraction of sp³-hybridized carbons (Fsp3) is 0.200. The number of ether oxygens (including phenoxy) is 1. The van der Waals surface area contributed by atoms with Crippen LogP contribution in [0.5, 0.6) is 0 Å². The van der Waals surface area contributed by atoms with Gasteiger partial charge in [0.15, 0.2) is 6.61 Å². The van der Waals surface area contributed by atoms with Gasteiger partial charge in [0.2, 0.25) is 5.78 Å². The van der Waals surface area contributed by atoms with Crippen LogP contribution in [-0.2, 0) is 21.2 Å². The Labute approximate surface area is 217 Å². The van der Waals surface area contributed by atoms with Crippen LogP contribution in [-0.4, -0.2) is 26.8 Å². The number of Topliss-reactive ketones (excluding diaryl/α,β-unsaturated/α-hetero) is 1. The molecule has 4 rings (SSSR count). The third-order valence-electron chi connectivity index (χ3n) is 6.16. The van der Waals surface area contributed by atoms with Gasteiger partial charge in [-0.3, -0.25) is 9.52 Å². The number of rotatable bonds is 10. The van der Waals surface area contributed by atoms with Crippen LogP contribution in [0.2, 0.25) is 0 Å². The van der Waals surface area contributed by atoms with E-state index in [1.165, 1.54) is 12.1 Å². The summed E-state index contributed by atoms with van der Waals surface area (Å²) in [6, 6.07) is 24.4. The molecular formula is C30H29NO5S. The van der Waals surface area contributed by atoms with Crippen LogP contribution < -0.4 is 4.72 Å². The minimum absolute atomic E-state index is 0.0302. The summed E-state index contributed by atoms with van der Waals surface area (Å²) >= 11 is 0. The maximum absolute atomic E-state index is 13.1. The number of hydrogen-bond acceptors (Lipinski definition) is 5. The van der Waals surface area contributed by atoms with Gasteiger partial charge < -0.3 is 4.74 Å². The first-order chi connectivity index (χ1) is 17.8. The van der Waals surface area contributed by atoms with Crippen molar-refractivity contribution < 1.29 is 22.7 Å². The lowest BCUT2D eigenvalue weighted by molar-refractivity contribution is 0.0475. The number of nitrogens with one attached hydrogen (secondary N) is 1. The van der Waals surface area contributed by atoms with E-state index in [9.17, 15) is 18.0 Å². The minimum atomic E-state index is -3.95. The molecule has 7 heteroatoms. The van der Waals surface area contributed by atoms with Gasteiger partial charge >= 0.3 is 5.97 Å². The zero-order valence-electron chi connectivity index (χ0n) is 20.9. The first-order valence-corrected chi connectivity index (χ1v) is 13.7. The molecule has 0 aromatic heterocycles. The molecule has 0 aliphatic carbocycles. The average Bonchev–Trinajstić information content (AvgIpc) is 2.90. The molecule has 0 aliphatic heterocycles. The largest absolute Gasteiger partial charge is 0.454 e. The van der Waals surface area contributed by atoms with Gasteiger partial charge in [0.05, 0.1) is 10.5 Å². The van der Waals surface area contributed by atoms with Gasteiger partial charge in [0.1, 0.15) is 0 Å². The number of aryl methyl sites for hydroxylation is 2. The highest BCUT2D eigenvalue weighted by atomic mass is 32.2. The summed E-state index contributed by atoms with van der Waals surface area (Å²) in [4.78, 5) is 25.5. The standard InChI is InChI=1S/C30H29NO5S/c1-3-4-8-22-14-17-25(18-15-22)31-37(34,35)29-19-24(16-13-21(29)2)30(33)36-20-28(32)27-12-7-10-23-9-5-6-11-26(23)27/h5-7,9-19,31H,3-4,8,20H2,1-2H3. The number of unbranched alkanes of at least 4 members (excludes halogenated alkanes) is 1. The van der Waals surface area contributed by atoms with E-state index in [0.29, 0.717) is 16.8 Å². The number of hydrogen-bond donors (Lipinski definition) is 1. The highest BCUT2D eigenvalue weighted by Crippen LogP contribution is 2.23. The van der Waals surface area contributed by atoms with Crippen LogP contribution in [0.1, 0.15) is 51.6 Å². The van der Waals surface area contributed by atoms with Crippen molar-refractivity contribution in [3.63, 3.8) is 0 Å². The number of anilines is 1. The Morgan fingerprint density at radius 1 is 0.892 bits per heavy atom. The molecule has 4 aromatic rings. The molecule has 0 fully saturated rings. The molecule has 0 amide bonds. The first-order valence-electron chi connectivity index (χ1n) is 12.2. The summed E-state index contributed by atoms with van der Waals surface area (Å²) in [6.45, 7) is 3.32. The molecule has 0 aliphatic rings. The van der Waals surface area contributed by atoms with Crippen LogP contribution in [0.25, 0.3) is 10.8 Å². The Morgan fingerprint density at radius 2 is 1.62 bits per heavy atom. The number of benzene rings is 4. The van der Waals surface area contributed by atoms with E-state index in [1.54, 1.807) is 37.3 Å². The summed E-state index contributed by atoms with van der Waals surface area (Å²) in [5, 5.41) is 1.69. The topological polar surface area (TPSA) is 89.5 Å². The van der Waals surface area contributed by atoms with Gasteiger partial charge in [-0.2, -0.15) is 0 Å². The predicted molar refractivity (Wildman–Crippen MR) is 146 cm³/mol. The van der Waals surface area contributed by atoms with E-state index in [0.717, 1.165) is 35.6 Å². The molecule has 4 aromatic carbocycles. The second-order valence-corrected chi connectivity index (χ2v) is 10.6. The zero-order valence-corrected chi connectivity index (χ0v) is 21.7. The maximum atomic E-state index is 13.1. The van der Waals surface area contributed by atoms with E-state index in [1.807, 2.05) is 42.5 Å². The summed E-state index contributed by atoms with van der Waals surface area (Å²) in [6.07, 6.45) is 3.10. The fourth-order valence-corrected chi connectivity index (χ4v) is 5.44. The van der Waals surface area contributed by atoms with E-state index in [2.05, 4.69) is 11.6 Å². The molecule has 0 spiro atoms. The molecule has 0 bridgehead atoms. The Balaban J connectivity index is 1.47. The average molecular weight is 516 g/mol. The summed E-state index contributed by atoms with van der Waals surface area (Å²) < 4.78 is 34.1. The van der Waals surface area contributed by atoms with E-state index in [4.69, 9.17) is 4.74 Å². The molecule has 0 unspecified atom stereocenters. The number of sulfonamides is 1. The molecule has 6 nitrogen and oxygen atoms in total. The normalized spacial score (nSPS) is 11.3. The van der Waals surface area contributed by atoms with E-state index >= 15 is 0 Å². The quantitative estimate of drug-likeness (QED) is 0.197. The highest BCUT2D eigenvalue weighted by molar-refractivity contribution is 7.92. The van der Waals surface area contributed by atoms with Crippen molar-refractivity contribution in [1.29, 1.82) is 0 Å². The monoisotopic (exact) mass is 515 g/mol. The smallest absolute Gasteiger partial charge is 0.338 e. The van der Waals surface area contributed by atoms with Crippen molar-refractivity contribution in [2.75, 3.05) is 11.3 Å². The maximum Gasteiger partial charge on any atom is 0.338 e. The fourth-order valence-electron chi connectivity index (χ4n) is 4.11.